The average molecular weight is 483 g/mol. The fourth-order valence-electron chi connectivity index (χ4n) is 4.41. The largest absolute Gasteiger partial charge is 0.321 e. The zero-order chi connectivity index (χ0) is 25.1. The van der Waals surface area contributed by atoms with Crippen LogP contribution in [0.4, 0.5) is 4.39 Å². The number of hydrogen-bond donors (Lipinski definition) is 1. The van der Waals surface area contributed by atoms with E-state index in [0.717, 1.165) is 33.2 Å². The van der Waals surface area contributed by atoms with Gasteiger partial charge in [-0.05, 0) is 64.7 Å². The molecule has 5 aromatic rings. The summed E-state index contributed by atoms with van der Waals surface area (Å²) in [6.45, 7) is 5.96. The van der Waals surface area contributed by atoms with E-state index in [1.807, 2.05) is 37.3 Å². The molecule has 8 heteroatoms. The molecule has 2 heterocycles. The van der Waals surface area contributed by atoms with Gasteiger partial charge in [0.15, 0.2) is 5.82 Å². The fourth-order valence-corrected chi connectivity index (χ4v) is 4.41. The van der Waals surface area contributed by atoms with Gasteiger partial charge in [0.25, 0.3) is 5.56 Å². The predicted molar refractivity (Wildman–Crippen MR) is 137 cm³/mol. The summed E-state index contributed by atoms with van der Waals surface area (Å²) in [5, 5.41) is 13.3. The Kier molecular flexibility index (Phi) is 6.69. The Morgan fingerprint density at radius 1 is 0.889 bits per heavy atom. The fraction of sp³-hybridized carbons (Fsp3) is 0.214. The molecule has 0 saturated carbocycles. The maximum absolute atomic E-state index is 13.3. The van der Waals surface area contributed by atoms with Crippen molar-refractivity contribution >= 4 is 10.9 Å². The first kappa shape index (κ1) is 23.6. The Labute approximate surface area is 208 Å². The molecule has 0 saturated heterocycles. The molecule has 0 amide bonds. The van der Waals surface area contributed by atoms with E-state index in [9.17, 15) is 9.18 Å². The lowest BCUT2D eigenvalue weighted by Crippen LogP contribution is -2.28. The number of halogens is 1. The van der Waals surface area contributed by atoms with Crippen LogP contribution >= 0.6 is 0 Å². The van der Waals surface area contributed by atoms with Gasteiger partial charge in [-0.15, -0.1) is 5.10 Å². The van der Waals surface area contributed by atoms with Crippen molar-refractivity contribution in [3.05, 3.63) is 123 Å². The van der Waals surface area contributed by atoms with Crippen molar-refractivity contribution in [2.24, 2.45) is 0 Å². The molecule has 2 aromatic heterocycles. The van der Waals surface area contributed by atoms with Gasteiger partial charge in [0.2, 0.25) is 0 Å². The highest BCUT2D eigenvalue weighted by molar-refractivity contribution is 5.85. The van der Waals surface area contributed by atoms with Crippen LogP contribution in [0.2, 0.25) is 0 Å². The number of nitrogens with zero attached hydrogens (tertiary/aromatic N) is 5. The van der Waals surface area contributed by atoms with Crippen molar-refractivity contribution < 1.29 is 4.39 Å². The molecule has 3 aromatic carbocycles. The maximum atomic E-state index is 13.3. The Balaban J connectivity index is 1.45. The van der Waals surface area contributed by atoms with E-state index in [1.165, 1.54) is 12.1 Å². The van der Waals surface area contributed by atoms with Gasteiger partial charge in [-0.2, -0.15) is 0 Å². The van der Waals surface area contributed by atoms with Crippen LogP contribution in [0, 0.1) is 19.7 Å². The molecule has 0 fully saturated rings. The SMILES string of the molecule is Cc1ccc(C)c2[nH]c(=O)c(CN(Cc3ccccc3)Cc3nnnn3Cc3ccc(F)cc3)cc12. The van der Waals surface area contributed by atoms with Crippen LogP contribution in [0.5, 0.6) is 0 Å². The Hall–Kier alpha value is -4.17. The topological polar surface area (TPSA) is 79.7 Å². The summed E-state index contributed by atoms with van der Waals surface area (Å²) >= 11 is 0. The van der Waals surface area contributed by atoms with Crippen LogP contribution in [0.1, 0.15) is 33.6 Å². The molecule has 0 bridgehead atoms. The third-order valence-electron chi connectivity index (χ3n) is 6.38. The quantitative estimate of drug-likeness (QED) is 0.352. The summed E-state index contributed by atoms with van der Waals surface area (Å²) in [6.07, 6.45) is 0. The number of H-pyrrole nitrogens is 1. The monoisotopic (exact) mass is 482 g/mol. The molecule has 0 aliphatic rings. The second-order valence-electron chi connectivity index (χ2n) is 9.12. The summed E-state index contributed by atoms with van der Waals surface area (Å²) in [6, 6.07) is 22.5. The number of fused-ring (bicyclic) bond motifs is 1. The second kappa shape index (κ2) is 10.2. The van der Waals surface area contributed by atoms with Gasteiger partial charge in [0.05, 0.1) is 18.6 Å². The molecule has 7 nitrogen and oxygen atoms in total. The highest BCUT2D eigenvalue weighted by Crippen LogP contribution is 2.21. The van der Waals surface area contributed by atoms with E-state index in [2.05, 4.69) is 50.5 Å². The first-order valence-corrected chi connectivity index (χ1v) is 11.8. The number of aryl methyl sites for hydroxylation is 2. The van der Waals surface area contributed by atoms with Crippen molar-refractivity contribution in [2.75, 3.05) is 0 Å². The molecule has 0 unspecified atom stereocenters. The number of rotatable bonds is 8. The molecular weight excluding hydrogens is 455 g/mol. The molecular formula is C28H27FN6O. The minimum absolute atomic E-state index is 0.0971. The van der Waals surface area contributed by atoms with E-state index < -0.39 is 0 Å². The van der Waals surface area contributed by atoms with Gasteiger partial charge in [-0.3, -0.25) is 9.69 Å². The predicted octanol–water partition coefficient (Wildman–Crippen LogP) is 4.52. The van der Waals surface area contributed by atoms with E-state index in [1.54, 1.807) is 16.8 Å². The number of aromatic amines is 1. The van der Waals surface area contributed by atoms with Crippen molar-refractivity contribution in [3.8, 4) is 0 Å². The number of pyridine rings is 1. The standard InChI is InChI=1S/C28H27FN6O/c1-19-8-9-20(2)27-25(19)14-23(28(36)30-27)17-34(15-21-6-4-3-5-7-21)18-26-31-32-33-35(26)16-22-10-12-24(29)13-11-22/h3-14H,15-18H2,1-2H3,(H,30,36). The van der Waals surface area contributed by atoms with Gasteiger partial charge < -0.3 is 4.98 Å². The molecule has 0 atom stereocenters. The number of hydrogen-bond acceptors (Lipinski definition) is 5. The minimum Gasteiger partial charge on any atom is -0.321 e. The number of aromatic nitrogens is 5. The molecule has 0 aliphatic carbocycles. The summed E-state index contributed by atoms with van der Waals surface area (Å²) < 4.78 is 15.0. The van der Waals surface area contributed by atoms with Crippen LogP contribution in [-0.4, -0.2) is 30.1 Å². The average Bonchev–Trinajstić information content (AvgIpc) is 3.30. The van der Waals surface area contributed by atoms with Gasteiger partial charge in [-0.25, -0.2) is 9.07 Å². The normalized spacial score (nSPS) is 11.4. The lowest BCUT2D eigenvalue weighted by atomic mass is 10.0. The third-order valence-corrected chi connectivity index (χ3v) is 6.38. The van der Waals surface area contributed by atoms with Crippen LogP contribution in [0.25, 0.3) is 10.9 Å². The van der Waals surface area contributed by atoms with Crippen molar-refractivity contribution in [1.82, 2.24) is 30.1 Å². The van der Waals surface area contributed by atoms with Crippen molar-refractivity contribution in [1.29, 1.82) is 0 Å². The minimum atomic E-state index is -0.282. The lowest BCUT2D eigenvalue weighted by molar-refractivity contribution is 0.236. The molecule has 5 rings (SSSR count). The Bertz CT molecular complexity index is 1540. The molecule has 182 valence electrons. The first-order chi connectivity index (χ1) is 17.5. The summed E-state index contributed by atoms with van der Waals surface area (Å²) in [5.74, 6) is 0.385. The highest BCUT2D eigenvalue weighted by Gasteiger charge is 2.17. The number of nitrogens with one attached hydrogen (secondary N) is 1. The molecule has 36 heavy (non-hydrogen) atoms. The zero-order valence-electron chi connectivity index (χ0n) is 20.3. The smallest absolute Gasteiger partial charge is 0.252 e. The Morgan fingerprint density at radius 3 is 2.42 bits per heavy atom. The van der Waals surface area contributed by atoms with Crippen molar-refractivity contribution in [2.45, 2.75) is 40.0 Å². The van der Waals surface area contributed by atoms with Gasteiger partial charge >= 0.3 is 0 Å². The lowest BCUT2D eigenvalue weighted by Gasteiger charge is -2.22. The van der Waals surface area contributed by atoms with Crippen LogP contribution in [0.3, 0.4) is 0 Å². The molecule has 0 spiro atoms. The zero-order valence-corrected chi connectivity index (χ0v) is 20.3. The van der Waals surface area contributed by atoms with E-state index in [-0.39, 0.29) is 11.4 Å². The molecule has 0 aliphatic heterocycles. The molecule has 0 radical (unpaired) electrons. The van der Waals surface area contributed by atoms with Crippen LogP contribution < -0.4 is 5.56 Å². The first-order valence-electron chi connectivity index (χ1n) is 11.8. The summed E-state index contributed by atoms with van der Waals surface area (Å²) in [5.41, 5.74) is 5.65. The van der Waals surface area contributed by atoms with E-state index >= 15 is 0 Å². The summed E-state index contributed by atoms with van der Waals surface area (Å²) in [4.78, 5) is 18.3. The number of benzene rings is 3. The molecule has 1 N–H and O–H groups in total. The van der Waals surface area contributed by atoms with Gasteiger partial charge in [-0.1, -0.05) is 54.6 Å². The van der Waals surface area contributed by atoms with Crippen molar-refractivity contribution in [3.63, 3.8) is 0 Å². The van der Waals surface area contributed by atoms with Gasteiger partial charge in [0.1, 0.15) is 5.82 Å². The second-order valence-corrected chi connectivity index (χ2v) is 9.12. The van der Waals surface area contributed by atoms with E-state index in [0.29, 0.717) is 37.6 Å². The van der Waals surface area contributed by atoms with E-state index in [4.69, 9.17) is 0 Å². The third kappa shape index (κ3) is 5.23. The summed E-state index contributed by atoms with van der Waals surface area (Å²) in [7, 11) is 0. The Morgan fingerprint density at radius 2 is 1.64 bits per heavy atom. The number of tetrazole rings is 1. The van der Waals surface area contributed by atoms with Crippen LogP contribution in [0.15, 0.2) is 77.6 Å². The van der Waals surface area contributed by atoms with Crippen LogP contribution in [-0.2, 0) is 26.2 Å². The maximum Gasteiger partial charge on any atom is 0.252 e. The van der Waals surface area contributed by atoms with Gasteiger partial charge in [0, 0.05) is 24.0 Å². The highest BCUT2D eigenvalue weighted by atomic mass is 19.1.